The van der Waals surface area contributed by atoms with Crippen molar-refractivity contribution in [3.8, 4) is 10.7 Å². The first-order valence-corrected chi connectivity index (χ1v) is 15.9. The molecule has 1 aromatic carbocycles. The minimum absolute atomic E-state index is 0.0138. The smallest absolute Gasteiger partial charge is 0.475 e. The number of nitrogens with one attached hydrogen (secondary N) is 2. The Morgan fingerprint density at radius 3 is 2.62 bits per heavy atom. The quantitative estimate of drug-likeness (QED) is 0.248. The Kier molecular flexibility index (Phi) is 9.60. The van der Waals surface area contributed by atoms with Crippen molar-refractivity contribution >= 4 is 61.2 Å². The first kappa shape index (κ1) is 31.5. The van der Waals surface area contributed by atoms with Crippen LogP contribution in [0.5, 0.6) is 0 Å². The highest BCUT2D eigenvalue weighted by Gasteiger charge is 2.38. The zero-order valence-corrected chi connectivity index (χ0v) is 25.0. The lowest BCUT2D eigenvalue weighted by atomic mass is 10.2. The van der Waals surface area contributed by atoms with Crippen molar-refractivity contribution in [2.24, 2.45) is 0 Å². The van der Waals surface area contributed by atoms with Gasteiger partial charge in [0, 0.05) is 55.6 Å². The van der Waals surface area contributed by atoms with E-state index in [9.17, 15) is 26.4 Å². The van der Waals surface area contributed by atoms with Crippen LogP contribution in [0.4, 0.5) is 18.9 Å². The molecule has 16 heteroatoms. The number of carboxylic acids is 1. The van der Waals surface area contributed by atoms with Gasteiger partial charge in [-0.25, -0.2) is 18.2 Å². The Balaban J connectivity index is 0.000000517. The number of nitrogens with zero attached hydrogens (tertiary/aromatic N) is 3. The summed E-state index contributed by atoms with van der Waals surface area (Å²) in [6, 6.07) is 11.3. The minimum atomic E-state index is -5.08. The number of carbonyl (C=O) groups excluding carboxylic acids is 1. The second kappa shape index (κ2) is 12.8. The largest absolute Gasteiger partial charge is 0.490 e. The van der Waals surface area contributed by atoms with Gasteiger partial charge in [-0.2, -0.15) is 13.2 Å². The lowest BCUT2D eigenvalue weighted by Gasteiger charge is -2.22. The SMILES string of the molecule is CCN(c1cccc2cc(-c3ncc(CN4CCC(NC(C)=O)C4)s3)[nH]c12)S(=O)(=O)c1cccs1.O=C(O)C(F)(F)F. The van der Waals surface area contributed by atoms with Gasteiger partial charge in [0.15, 0.2) is 0 Å². The molecule has 226 valence electrons. The van der Waals surface area contributed by atoms with Gasteiger partial charge in [-0.1, -0.05) is 18.2 Å². The number of benzene rings is 1. The maximum atomic E-state index is 13.3. The molecule has 1 atom stereocenters. The van der Waals surface area contributed by atoms with Gasteiger partial charge < -0.3 is 15.4 Å². The number of anilines is 1. The normalized spacial score (nSPS) is 15.8. The monoisotopic (exact) mass is 643 g/mol. The number of alkyl halides is 3. The number of sulfonamides is 1. The molecular weight excluding hydrogens is 616 g/mol. The van der Waals surface area contributed by atoms with E-state index in [1.807, 2.05) is 37.4 Å². The number of fused-ring (bicyclic) bond motifs is 1. The summed E-state index contributed by atoms with van der Waals surface area (Å²) in [7, 11) is -3.64. The molecule has 5 rings (SSSR count). The predicted molar refractivity (Wildman–Crippen MR) is 155 cm³/mol. The molecule has 1 fully saturated rings. The average Bonchev–Trinajstić information content (AvgIpc) is 3.71. The van der Waals surface area contributed by atoms with E-state index in [1.165, 1.54) is 15.6 Å². The van der Waals surface area contributed by atoms with Crippen molar-refractivity contribution in [2.75, 3.05) is 23.9 Å². The third-order valence-electron chi connectivity index (χ3n) is 6.32. The summed E-state index contributed by atoms with van der Waals surface area (Å²) in [6.45, 7) is 6.30. The van der Waals surface area contributed by atoms with Crippen molar-refractivity contribution in [1.29, 1.82) is 0 Å². The number of halogens is 3. The Morgan fingerprint density at radius 2 is 2.00 bits per heavy atom. The van der Waals surface area contributed by atoms with Crippen LogP contribution in [-0.4, -0.2) is 72.1 Å². The number of amides is 1. The third-order valence-corrected chi connectivity index (χ3v) is 10.6. The van der Waals surface area contributed by atoms with Crippen molar-refractivity contribution in [3.05, 3.63) is 52.9 Å². The number of thiazole rings is 1. The number of carbonyl (C=O) groups is 2. The molecular formula is C26H28F3N5O5S3. The number of hydrogen-bond donors (Lipinski definition) is 3. The van der Waals surface area contributed by atoms with E-state index in [0.717, 1.165) is 52.5 Å². The van der Waals surface area contributed by atoms with Gasteiger partial charge >= 0.3 is 12.1 Å². The lowest BCUT2D eigenvalue weighted by Crippen LogP contribution is -2.35. The summed E-state index contributed by atoms with van der Waals surface area (Å²) in [4.78, 5) is 31.8. The van der Waals surface area contributed by atoms with Crippen molar-refractivity contribution in [2.45, 2.75) is 43.2 Å². The van der Waals surface area contributed by atoms with Crippen LogP contribution in [-0.2, 0) is 26.2 Å². The molecule has 1 unspecified atom stereocenters. The molecule has 42 heavy (non-hydrogen) atoms. The summed E-state index contributed by atoms with van der Waals surface area (Å²) >= 11 is 2.85. The first-order valence-electron chi connectivity index (χ1n) is 12.7. The molecule has 1 aliphatic rings. The number of para-hydroxylation sites is 1. The second-order valence-corrected chi connectivity index (χ2v) is 13.5. The van der Waals surface area contributed by atoms with Gasteiger partial charge in [0.2, 0.25) is 5.91 Å². The molecule has 1 saturated heterocycles. The van der Waals surface area contributed by atoms with Crippen LogP contribution in [0.3, 0.4) is 0 Å². The Bertz CT molecular complexity index is 1650. The molecule has 0 aliphatic carbocycles. The number of thiophene rings is 1. The molecule has 0 spiro atoms. The van der Waals surface area contributed by atoms with Crippen LogP contribution in [0.1, 0.15) is 25.1 Å². The molecule has 0 saturated carbocycles. The fraction of sp³-hybridized carbons (Fsp3) is 0.346. The third kappa shape index (κ3) is 7.29. The summed E-state index contributed by atoms with van der Waals surface area (Å²) in [5.41, 5.74) is 2.27. The topological polar surface area (TPSA) is 136 Å². The molecule has 3 aromatic heterocycles. The Labute approximate surface area is 247 Å². The molecule has 4 aromatic rings. The van der Waals surface area contributed by atoms with E-state index >= 15 is 0 Å². The number of likely N-dealkylation sites (tertiary alicyclic amines) is 1. The van der Waals surface area contributed by atoms with Gasteiger partial charge in [-0.3, -0.25) is 14.0 Å². The summed E-state index contributed by atoms with van der Waals surface area (Å²) in [5, 5.41) is 13.7. The van der Waals surface area contributed by atoms with Crippen LogP contribution in [0, 0.1) is 0 Å². The van der Waals surface area contributed by atoms with Crippen LogP contribution >= 0.6 is 22.7 Å². The maximum Gasteiger partial charge on any atom is 0.490 e. The molecule has 3 N–H and O–H groups in total. The summed E-state index contributed by atoms with van der Waals surface area (Å²) in [6.07, 6.45) is -2.23. The fourth-order valence-electron chi connectivity index (χ4n) is 4.56. The van der Waals surface area contributed by atoms with Crippen molar-refractivity contribution in [3.63, 3.8) is 0 Å². The van der Waals surface area contributed by atoms with Crippen molar-refractivity contribution < 1.29 is 36.3 Å². The average molecular weight is 644 g/mol. The highest BCUT2D eigenvalue weighted by Crippen LogP contribution is 2.35. The van der Waals surface area contributed by atoms with E-state index in [1.54, 1.807) is 35.8 Å². The number of carboxylic acid groups (broad SMARTS) is 1. The summed E-state index contributed by atoms with van der Waals surface area (Å²) in [5.74, 6) is -2.74. The van der Waals surface area contributed by atoms with Gasteiger partial charge in [-0.15, -0.1) is 22.7 Å². The fourth-order valence-corrected chi connectivity index (χ4v) is 8.08. The molecule has 0 radical (unpaired) electrons. The molecule has 1 amide bonds. The van der Waals surface area contributed by atoms with E-state index in [-0.39, 0.29) is 11.9 Å². The number of H-pyrrole nitrogens is 1. The highest BCUT2D eigenvalue weighted by atomic mass is 32.2. The minimum Gasteiger partial charge on any atom is -0.475 e. The molecule has 1 aliphatic heterocycles. The van der Waals surface area contributed by atoms with E-state index < -0.39 is 22.2 Å². The lowest BCUT2D eigenvalue weighted by molar-refractivity contribution is -0.192. The second-order valence-electron chi connectivity index (χ2n) is 9.38. The predicted octanol–water partition coefficient (Wildman–Crippen LogP) is 4.91. The van der Waals surface area contributed by atoms with Crippen LogP contribution in [0.25, 0.3) is 21.6 Å². The van der Waals surface area contributed by atoms with Crippen LogP contribution in [0.2, 0.25) is 0 Å². The summed E-state index contributed by atoms with van der Waals surface area (Å²) < 4.78 is 60.1. The number of aromatic amines is 1. The number of rotatable bonds is 8. The van der Waals surface area contributed by atoms with E-state index in [0.29, 0.717) is 16.4 Å². The molecule has 0 bridgehead atoms. The molecule has 4 heterocycles. The van der Waals surface area contributed by atoms with Crippen LogP contribution in [0.15, 0.2) is 52.2 Å². The Hall–Kier alpha value is -3.47. The van der Waals surface area contributed by atoms with Crippen molar-refractivity contribution in [1.82, 2.24) is 20.2 Å². The van der Waals surface area contributed by atoms with Gasteiger partial charge in [-0.05, 0) is 36.9 Å². The molecule has 10 nitrogen and oxygen atoms in total. The van der Waals surface area contributed by atoms with E-state index in [4.69, 9.17) is 9.90 Å². The van der Waals surface area contributed by atoms with Gasteiger partial charge in [0.05, 0.1) is 16.9 Å². The number of aliphatic carboxylic acids is 1. The maximum absolute atomic E-state index is 13.3. The number of aromatic nitrogens is 2. The zero-order valence-electron chi connectivity index (χ0n) is 22.5. The van der Waals surface area contributed by atoms with Crippen LogP contribution < -0.4 is 9.62 Å². The van der Waals surface area contributed by atoms with Gasteiger partial charge in [0.25, 0.3) is 10.0 Å². The highest BCUT2D eigenvalue weighted by molar-refractivity contribution is 7.94. The van der Waals surface area contributed by atoms with E-state index in [2.05, 4.69) is 20.2 Å². The standard InChI is InChI=1S/C24H27N5O3S3.C2HF3O2/c1-3-29(35(31,32)22-8-5-11-33-22)21-7-4-6-17-12-20(27-23(17)21)24-25-13-19(34-24)15-28-10-9-18(14-28)26-16(2)30;3-2(4,5)1(6)7/h4-8,11-13,18,27H,3,9-10,14-15H2,1-2H3,(H,26,30);(H,6,7). The van der Waals surface area contributed by atoms with Gasteiger partial charge in [0.1, 0.15) is 9.22 Å². The first-order chi connectivity index (χ1) is 19.8. The number of hydrogen-bond acceptors (Lipinski definition) is 8. The Morgan fingerprint density at radius 1 is 1.26 bits per heavy atom. The zero-order chi connectivity index (χ0) is 30.7.